The quantitative estimate of drug-likeness (QED) is 0.732. The van der Waals surface area contributed by atoms with Crippen molar-refractivity contribution >= 4 is 22.2 Å². The van der Waals surface area contributed by atoms with Crippen molar-refractivity contribution in [3.8, 4) is 0 Å². The van der Waals surface area contributed by atoms with Crippen molar-refractivity contribution in [1.29, 1.82) is 0 Å². The number of aromatic amines is 1. The maximum atomic E-state index is 3.73. The van der Waals surface area contributed by atoms with Gasteiger partial charge in [-0.1, -0.05) is 6.07 Å². The van der Waals surface area contributed by atoms with Crippen molar-refractivity contribution in [2.75, 3.05) is 0 Å². The molecule has 0 aliphatic heterocycles. The number of hydrogen-bond acceptors (Lipinski definition) is 2. The van der Waals surface area contributed by atoms with Crippen LogP contribution in [0.2, 0.25) is 0 Å². The summed E-state index contributed by atoms with van der Waals surface area (Å²) in [5.74, 6) is 0. The third-order valence-corrected chi connectivity index (χ3v) is 5.22. The molecule has 0 amide bonds. The van der Waals surface area contributed by atoms with Crippen molar-refractivity contribution < 1.29 is 0 Å². The van der Waals surface area contributed by atoms with E-state index < -0.39 is 0 Å². The Hall–Kier alpha value is -1.58. The molecule has 0 fully saturated rings. The molecule has 1 aliphatic carbocycles. The highest BCUT2D eigenvalue weighted by atomic mass is 32.1. The van der Waals surface area contributed by atoms with Crippen molar-refractivity contribution in [1.82, 2.24) is 10.3 Å². The fourth-order valence-electron chi connectivity index (χ4n) is 3.15. The zero-order valence-electron chi connectivity index (χ0n) is 11.4. The summed E-state index contributed by atoms with van der Waals surface area (Å²) in [4.78, 5) is 4.82. The second-order valence-electron chi connectivity index (χ2n) is 5.52. The third-order valence-electron chi connectivity index (χ3n) is 4.22. The second-order valence-corrected chi connectivity index (χ2v) is 6.52. The molecule has 2 N–H and O–H groups in total. The number of nitrogens with one attached hydrogen (secondary N) is 2. The molecule has 1 unspecified atom stereocenters. The van der Waals surface area contributed by atoms with Crippen LogP contribution in [0.3, 0.4) is 0 Å². The Morgan fingerprint density at radius 1 is 1.25 bits per heavy atom. The van der Waals surface area contributed by atoms with E-state index in [1.807, 2.05) is 17.5 Å². The molecule has 3 heteroatoms. The molecule has 1 aliphatic rings. The Morgan fingerprint density at radius 2 is 2.25 bits per heavy atom. The van der Waals surface area contributed by atoms with Crippen LogP contribution in [0.5, 0.6) is 0 Å². The number of rotatable bonds is 3. The predicted octanol–water partition coefficient (Wildman–Crippen LogP) is 4.40. The third kappa shape index (κ3) is 2.17. The molecule has 4 rings (SSSR count). The normalized spacial score (nSPS) is 18.3. The Morgan fingerprint density at radius 3 is 3.25 bits per heavy atom. The summed E-state index contributed by atoms with van der Waals surface area (Å²) in [6, 6.07) is 11.6. The summed E-state index contributed by atoms with van der Waals surface area (Å²) in [5.41, 5.74) is 4.11. The van der Waals surface area contributed by atoms with Gasteiger partial charge in [0.15, 0.2) is 0 Å². The Bertz CT molecular complexity index is 725. The minimum atomic E-state index is 0.534. The highest BCUT2D eigenvalue weighted by molar-refractivity contribution is 7.10. The van der Waals surface area contributed by atoms with E-state index in [0.29, 0.717) is 6.04 Å². The second kappa shape index (κ2) is 5.08. The molecule has 1 aromatic carbocycles. The van der Waals surface area contributed by atoms with E-state index in [4.69, 9.17) is 0 Å². The summed E-state index contributed by atoms with van der Waals surface area (Å²) in [5, 5.41) is 7.26. The van der Waals surface area contributed by atoms with Crippen molar-refractivity contribution in [2.45, 2.75) is 31.8 Å². The molecule has 102 valence electrons. The molecule has 0 radical (unpaired) electrons. The van der Waals surface area contributed by atoms with Crippen LogP contribution >= 0.6 is 11.3 Å². The van der Waals surface area contributed by atoms with Crippen LogP contribution in [0.1, 0.15) is 34.9 Å². The molecular weight excluding hydrogens is 264 g/mol. The van der Waals surface area contributed by atoms with Gasteiger partial charge in [-0.2, -0.15) is 0 Å². The van der Waals surface area contributed by atoms with E-state index in [1.54, 1.807) is 4.88 Å². The minimum absolute atomic E-state index is 0.534. The number of fused-ring (bicyclic) bond motifs is 2. The van der Waals surface area contributed by atoms with Gasteiger partial charge in [0.2, 0.25) is 0 Å². The largest absolute Gasteiger partial charge is 0.361 e. The number of aryl methyl sites for hydroxylation is 1. The van der Waals surface area contributed by atoms with Crippen LogP contribution in [0.25, 0.3) is 10.9 Å². The highest BCUT2D eigenvalue weighted by Crippen LogP contribution is 2.33. The molecule has 2 nitrogen and oxygen atoms in total. The van der Waals surface area contributed by atoms with E-state index in [0.717, 1.165) is 6.54 Å². The van der Waals surface area contributed by atoms with E-state index in [9.17, 15) is 0 Å². The molecule has 20 heavy (non-hydrogen) atoms. The van der Waals surface area contributed by atoms with Crippen molar-refractivity contribution in [3.05, 3.63) is 57.9 Å². The SMILES string of the molecule is c1cc2cc(CNC3CCCc4sccc43)ccc2[nH]1. The number of thiophene rings is 1. The van der Waals surface area contributed by atoms with Gasteiger partial charge in [-0.25, -0.2) is 0 Å². The highest BCUT2D eigenvalue weighted by Gasteiger charge is 2.20. The minimum Gasteiger partial charge on any atom is -0.361 e. The zero-order valence-corrected chi connectivity index (χ0v) is 12.2. The van der Waals surface area contributed by atoms with Crippen molar-refractivity contribution in [2.24, 2.45) is 0 Å². The topological polar surface area (TPSA) is 27.8 Å². The number of aromatic nitrogens is 1. The van der Waals surface area contributed by atoms with Gasteiger partial charge in [0.25, 0.3) is 0 Å². The van der Waals surface area contributed by atoms with Gasteiger partial charge in [-0.15, -0.1) is 11.3 Å². The van der Waals surface area contributed by atoms with Gasteiger partial charge in [0.1, 0.15) is 0 Å². The van der Waals surface area contributed by atoms with E-state index in [2.05, 4.69) is 46.0 Å². The molecule has 0 spiro atoms. The molecule has 2 aromatic heterocycles. The Balaban J connectivity index is 1.51. The summed E-state index contributed by atoms with van der Waals surface area (Å²) in [6.07, 6.45) is 5.83. The van der Waals surface area contributed by atoms with Gasteiger partial charge in [-0.3, -0.25) is 0 Å². The van der Waals surface area contributed by atoms with E-state index in [1.165, 1.54) is 41.3 Å². The first kappa shape index (κ1) is 12.2. The van der Waals surface area contributed by atoms with Gasteiger partial charge in [0, 0.05) is 29.2 Å². The van der Waals surface area contributed by atoms with Gasteiger partial charge in [-0.05, 0) is 65.4 Å². The van der Waals surface area contributed by atoms with E-state index in [-0.39, 0.29) is 0 Å². The lowest BCUT2D eigenvalue weighted by Crippen LogP contribution is -2.23. The summed E-state index contributed by atoms with van der Waals surface area (Å²) in [6.45, 7) is 0.946. The van der Waals surface area contributed by atoms with E-state index >= 15 is 0 Å². The smallest absolute Gasteiger partial charge is 0.0454 e. The molecule has 0 bridgehead atoms. The van der Waals surface area contributed by atoms with Crippen LogP contribution in [0.15, 0.2) is 41.9 Å². The molecule has 3 aromatic rings. The van der Waals surface area contributed by atoms with Gasteiger partial charge >= 0.3 is 0 Å². The fourth-order valence-corrected chi connectivity index (χ4v) is 4.14. The molecule has 2 heterocycles. The molecule has 0 saturated carbocycles. The molecular formula is C17H18N2S. The van der Waals surface area contributed by atoms with Crippen LogP contribution in [0.4, 0.5) is 0 Å². The Labute approximate surface area is 122 Å². The number of benzene rings is 1. The maximum Gasteiger partial charge on any atom is 0.0454 e. The average molecular weight is 282 g/mol. The molecule has 1 atom stereocenters. The molecule has 0 saturated heterocycles. The monoisotopic (exact) mass is 282 g/mol. The van der Waals surface area contributed by atoms with Gasteiger partial charge < -0.3 is 10.3 Å². The van der Waals surface area contributed by atoms with Crippen molar-refractivity contribution in [3.63, 3.8) is 0 Å². The van der Waals surface area contributed by atoms with Crippen LogP contribution in [-0.4, -0.2) is 4.98 Å². The summed E-state index contributed by atoms with van der Waals surface area (Å²) < 4.78 is 0. The standard InChI is InChI=1S/C17H18N2S/c1-2-16(14-7-9-20-17(14)3-1)19-11-12-4-5-15-13(10-12)6-8-18-15/h4-10,16,18-19H,1-3,11H2. The number of hydrogen-bond donors (Lipinski definition) is 2. The zero-order chi connectivity index (χ0) is 13.4. The lowest BCUT2D eigenvalue weighted by Gasteiger charge is -2.23. The average Bonchev–Trinajstić information content (AvgIpc) is 3.13. The lowest BCUT2D eigenvalue weighted by molar-refractivity contribution is 0.463. The lowest BCUT2D eigenvalue weighted by atomic mass is 9.94. The Kier molecular flexibility index (Phi) is 3.09. The summed E-state index contributed by atoms with van der Waals surface area (Å²) >= 11 is 1.91. The summed E-state index contributed by atoms with van der Waals surface area (Å²) in [7, 11) is 0. The first-order valence-electron chi connectivity index (χ1n) is 7.26. The first-order chi connectivity index (χ1) is 9.90. The van der Waals surface area contributed by atoms with Crippen LogP contribution < -0.4 is 5.32 Å². The van der Waals surface area contributed by atoms with Crippen LogP contribution in [-0.2, 0) is 13.0 Å². The predicted molar refractivity (Wildman–Crippen MR) is 85.1 cm³/mol. The first-order valence-corrected chi connectivity index (χ1v) is 8.14. The van der Waals surface area contributed by atoms with Crippen LogP contribution in [0, 0.1) is 0 Å². The maximum absolute atomic E-state index is 3.73. The fraction of sp³-hybridized carbons (Fsp3) is 0.294. The number of H-pyrrole nitrogens is 1. The van der Waals surface area contributed by atoms with Gasteiger partial charge in [0.05, 0.1) is 0 Å².